The van der Waals surface area contributed by atoms with Gasteiger partial charge in [0.25, 0.3) is 0 Å². The van der Waals surface area contributed by atoms with Gasteiger partial charge in [0.05, 0.1) is 5.75 Å². The standard InChI is InChI=1S/C21H22N4OS/c1-14-8-10-16(11-9-14)20-22-23-21(24(20)3)27-13-19(26)25-15(2)12-17-6-4-5-7-18(17)25/h4-11,15H,12-13H2,1-3H3. The quantitative estimate of drug-likeness (QED) is 0.647. The Morgan fingerprint density at radius 3 is 2.67 bits per heavy atom. The fourth-order valence-corrected chi connectivity index (χ4v) is 4.31. The molecule has 0 spiro atoms. The number of amides is 1. The van der Waals surface area contributed by atoms with Gasteiger partial charge in [-0.05, 0) is 31.9 Å². The van der Waals surface area contributed by atoms with Gasteiger partial charge in [-0.15, -0.1) is 10.2 Å². The Labute approximate surface area is 163 Å². The summed E-state index contributed by atoms with van der Waals surface area (Å²) in [6.07, 6.45) is 0.911. The Bertz CT molecular complexity index is 980. The minimum Gasteiger partial charge on any atom is -0.308 e. The average molecular weight is 379 g/mol. The van der Waals surface area contributed by atoms with Gasteiger partial charge in [-0.1, -0.05) is 59.8 Å². The minimum atomic E-state index is 0.109. The second-order valence-corrected chi connectivity index (χ2v) is 7.91. The molecule has 0 saturated carbocycles. The van der Waals surface area contributed by atoms with E-state index >= 15 is 0 Å². The van der Waals surface area contributed by atoms with Crippen LogP contribution in [0.1, 0.15) is 18.1 Å². The van der Waals surface area contributed by atoms with E-state index in [1.165, 1.54) is 22.9 Å². The number of anilines is 1. The summed E-state index contributed by atoms with van der Waals surface area (Å²) in [5.74, 6) is 1.26. The molecule has 5 nitrogen and oxygen atoms in total. The second-order valence-electron chi connectivity index (χ2n) is 6.97. The number of carbonyl (C=O) groups excluding carboxylic acids is 1. The molecule has 1 unspecified atom stereocenters. The summed E-state index contributed by atoms with van der Waals surface area (Å²) in [4.78, 5) is 14.8. The maximum atomic E-state index is 12.9. The lowest BCUT2D eigenvalue weighted by molar-refractivity contribution is -0.116. The third-order valence-electron chi connectivity index (χ3n) is 4.95. The molecule has 0 aliphatic carbocycles. The van der Waals surface area contributed by atoms with E-state index < -0.39 is 0 Å². The van der Waals surface area contributed by atoms with Gasteiger partial charge in [-0.2, -0.15) is 0 Å². The van der Waals surface area contributed by atoms with E-state index in [0.717, 1.165) is 28.7 Å². The van der Waals surface area contributed by atoms with Crippen LogP contribution in [0.4, 0.5) is 5.69 Å². The highest BCUT2D eigenvalue weighted by molar-refractivity contribution is 7.99. The van der Waals surface area contributed by atoms with Crippen LogP contribution in [0.3, 0.4) is 0 Å². The lowest BCUT2D eigenvalue weighted by atomic mass is 10.1. The van der Waals surface area contributed by atoms with Crippen molar-refractivity contribution in [3.63, 3.8) is 0 Å². The van der Waals surface area contributed by atoms with Gasteiger partial charge in [0, 0.05) is 24.3 Å². The summed E-state index contributed by atoms with van der Waals surface area (Å²) in [6, 6.07) is 16.5. The number of thioether (sulfide) groups is 1. The molecule has 0 radical (unpaired) electrons. The summed E-state index contributed by atoms with van der Waals surface area (Å²) < 4.78 is 1.95. The van der Waals surface area contributed by atoms with E-state index in [-0.39, 0.29) is 11.9 Å². The first kappa shape index (κ1) is 17.8. The summed E-state index contributed by atoms with van der Waals surface area (Å²) in [5, 5.41) is 9.34. The van der Waals surface area contributed by atoms with Crippen molar-refractivity contribution in [3.8, 4) is 11.4 Å². The minimum absolute atomic E-state index is 0.109. The number of hydrogen-bond donors (Lipinski definition) is 0. The predicted molar refractivity (Wildman–Crippen MR) is 109 cm³/mol. The number of para-hydroxylation sites is 1. The van der Waals surface area contributed by atoms with E-state index in [0.29, 0.717) is 5.75 Å². The number of nitrogens with zero attached hydrogens (tertiary/aromatic N) is 4. The molecule has 1 aliphatic rings. The Morgan fingerprint density at radius 1 is 1.15 bits per heavy atom. The molecule has 2 heterocycles. The second kappa shape index (κ2) is 7.19. The highest BCUT2D eigenvalue weighted by atomic mass is 32.2. The first-order valence-corrected chi connectivity index (χ1v) is 10.0. The number of benzene rings is 2. The monoisotopic (exact) mass is 378 g/mol. The number of carbonyl (C=O) groups is 1. The van der Waals surface area contributed by atoms with Crippen molar-refractivity contribution in [1.82, 2.24) is 14.8 Å². The number of rotatable bonds is 4. The SMILES string of the molecule is Cc1ccc(-c2nnc(SCC(=O)N3c4ccccc4CC3C)n2C)cc1. The molecular weight excluding hydrogens is 356 g/mol. The highest BCUT2D eigenvalue weighted by Gasteiger charge is 2.30. The Morgan fingerprint density at radius 2 is 1.89 bits per heavy atom. The van der Waals surface area contributed by atoms with Crippen LogP contribution in [0.2, 0.25) is 0 Å². The fraction of sp³-hybridized carbons (Fsp3) is 0.286. The zero-order valence-electron chi connectivity index (χ0n) is 15.7. The Kier molecular flexibility index (Phi) is 4.74. The van der Waals surface area contributed by atoms with E-state index in [1.54, 1.807) is 0 Å². The topological polar surface area (TPSA) is 51.0 Å². The average Bonchev–Trinajstić information content (AvgIpc) is 3.19. The molecule has 1 aromatic heterocycles. The van der Waals surface area contributed by atoms with E-state index in [2.05, 4.69) is 42.2 Å². The third-order valence-corrected chi connectivity index (χ3v) is 5.95. The van der Waals surface area contributed by atoms with Gasteiger partial charge in [-0.25, -0.2) is 0 Å². The van der Waals surface area contributed by atoms with Crippen LogP contribution in [0.25, 0.3) is 11.4 Å². The van der Waals surface area contributed by atoms with Crippen molar-refractivity contribution < 1.29 is 4.79 Å². The lowest BCUT2D eigenvalue weighted by Gasteiger charge is -2.22. The molecule has 0 N–H and O–H groups in total. The molecule has 1 aliphatic heterocycles. The molecular formula is C21H22N4OS. The van der Waals surface area contributed by atoms with Crippen LogP contribution in [-0.2, 0) is 18.3 Å². The molecule has 0 fully saturated rings. The smallest absolute Gasteiger partial charge is 0.237 e. The first-order chi connectivity index (χ1) is 13.0. The van der Waals surface area contributed by atoms with Crippen LogP contribution < -0.4 is 4.90 Å². The number of aromatic nitrogens is 3. The van der Waals surface area contributed by atoms with Crippen molar-refractivity contribution in [2.24, 2.45) is 7.05 Å². The first-order valence-electron chi connectivity index (χ1n) is 9.04. The Hall–Kier alpha value is -2.60. The van der Waals surface area contributed by atoms with Crippen LogP contribution >= 0.6 is 11.8 Å². The fourth-order valence-electron chi connectivity index (χ4n) is 3.54. The predicted octanol–water partition coefficient (Wildman–Crippen LogP) is 3.86. The summed E-state index contributed by atoms with van der Waals surface area (Å²) in [6.45, 7) is 4.16. The zero-order chi connectivity index (χ0) is 19.0. The van der Waals surface area contributed by atoms with Crippen LogP contribution in [0.5, 0.6) is 0 Å². The van der Waals surface area contributed by atoms with Crippen molar-refractivity contribution in [2.75, 3.05) is 10.7 Å². The van der Waals surface area contributed by atoms with E-state index in [9.17, 15) is 4.79 Å². The van der Waals surface area contributed by atoms with Crippen molar-refractivity contribution >= 4 is 23.4 Å². The Balaban J connectivity index is 1.48. The van der Waals surface area contributed by atoms with Gasteiger partial charge in [0.15, 0.2) is 11.0 Å². The van der Waals surface area contributed by atoms with Crippen LogP contribution in [-0.4, -0.2) is 32.5 Å². The largest absolute Gasteiger partial charge is 0.308 e. The van der Waals surface area contributed by atoms with Crippen molar-refractivity contribution in [1.29, 1.82) is 0 Å². The molecule has 1 amide bonds. The molecule has 1 atom stereocenters. The molecule has 3 aromatic rings. The van der Waals surface area contributed by atoms with E-state index in [4.69, 9.17) is 0 Å². The molecule has 0 bridgehead atoms. The van der Waals surface area contributed by atoms with Crippen molar-refractivity contribution in [2.45, 2.75) is 31.5 Å². The van der Waals surface area contributed by atoms with Gasteiger partial charge < -0.3 is 9.47 Å². The molecule has 27 heavy (non-hydrogen) atoms. The lowest BCUT2D eigenvalue weighted by Crippen LogP contribution is -2.37. The normalized spacial score (nSPS) is 15.8. The zero-order valence-corrected chi connectivity index (χ0v) is 16.5. The molecule has 6 heteroatoms. The molecule has 138 valence electrons. The molecule has 4 rings (SSSR count). The maximum absolute atomic E-state index is 12.9. The number of aryl methyl sites for hydroxylation is 1. The van der Waals surface area contributed by atoms with Crippen LogP contribution in [0.15, 0.2) is 53.7 Å². The molecule has 2 aromatic carbocycles. The third kappa shape index (κ3) is 3.37. The van der Waals surface area contributed by atoms with E-state index in [1.807, 2.05) is 46.8 Å². The van der Waals surface area contributed by atoms with Gasteiger partial charge in [0.1, 0.15) is 0 Å². The summed E-state index contributed by atoms with van der Waals surface area (Å²) in [7, 11) is 1.94. The number of fused-ring (bicyclic) bond motifs is 1. The maximum Gasteiger partial charge on any atom is 0.237 e. The van der Waals surface area contributed by atoms with Gasteiger partial charge in [0.2, 0.25) is 5.91 Å². The van der Waals surface area contributed by atoms with Crippen LogP contribution in [0, 0.1) is 6.92 Å². The molecule has 0 saturated heterocycles. The highest BCUT2D eigenvalue weighted by Crippen LogP contribution is 2.33. The summed E-state index contributed by atoms with van der Waals surface area (Å²) in [5.41, 5.74) is 4.51. The van der Waals surface area contributed by atoms with Gasteiger partial charge >= 0.3 is 0 Å². The number of hydrogen-bond acceptors (Lipinski definition) is 4. The van der Waals surface area contributed by atoms with Crippen molar-refractivity contribution in [3.05, 3.63) is 59.7 Å². The summed E-state index contributed by atoms with van der Waals surface area (Å²) >= 11 is 1.44. The van der Waals surface area contributed by atoms with Gasteiger partial charge in [-0.3, -0.25) is 4.79 Å².